The topological polar surface area (TPSA) is 73.0 Å². The molecule has 7 heteroatoms. The van der Waals surface area contributed by atoms with E-state index in [0.717, 1.165) is 5.01 Å². The SMILES string of the molecule is CCS(=O)(=O)c1ccc(Cl)cc1-c1csc(CN)n1. The molecule has 2 N–H and O–H groups in total. The van der Waals surface area contributed by atoms with E-state index in [9.17, 15) is 8.42 Å². The lowest BCUT2D eigenvalue weighted by Crippen LogP contribution is -2.05. The molecule has 0 atom stereocenters. The normalized spacial score (nSPS) is 11.7. The van der Waals surface area contributed by atoms with E-state index >= 15 is 0 Å². The maximum Gasteiger partial charge on any atom is 0.178 e. The van der Waals surface area contributed by atoms with Gasteiger partial charge in [-0.05, 0) is 18.2 Å². The summed E-state index contributed by atoms with van der Waals surface area (Å²) in [5.74, 6) is 0.0372. The second-order valence-corrected chi connectivity index (χ2v) is 7.50. The number of halogens is 1. The molecule has 1 heterocycles. The summed E-state index contributed by atoms with van der Waals surface area (Å²) in [7, 11) is -3.32. The van der Waals surface area contributed by atoms with Crippen LogP contribution >= 0.6 is 22.9 Å². The Balaban J connectivity index is 2.64. The first-order valence-corrected chi connectivity index (χ1v) is 8.56. The van der Waals surface area contributed by atoms with Gasteiger partial charge in [0.25, 0.3) is 0 Å². The molecule has 1 aromatic carbocycles. The molecule has 0 saturated heterocycles. The molecule has 0 aliphatic carbocycles. The number of hydrogen-bond donors (Lipinski definition) is 1. The minimum Gasteiger partial charge on any atom is -0.325 e. The zero-order chi connectivity index (χ0) is 14.0. The minimum absolute atomic E-state index is 0.0372. The highest BCUT2D eigenvalue weighted by Crippen LogP contribution is 2.31. The summed E-state index contributed by atoms with van der Waals surface area (Å²) in [5.41, 5.74) is 6.65. The molecule has 0 aliphatic rings. The highest BCUT2D eigenvalue weighted by atomic mass is 35.5. The Labute approximate surface area is 121 Å². The van der Waals surface area contributed by atoms with Gasteiger partial charge in [0.15, 0.2) is 9.84 Å². The Bertz CT molecular complexity index is 696. The van der Waals surface area contributed by atoms with Crippen molar-refractivity contribution in [2.75, 3.05) is 5.75 Å². The van der Waals surface area contributed by atoms with Crippen LogP contribution in [-0.2, 0) is 16.4 Å². The third kappa shape index (κ3) is 2.97. The quantitative estimate of drug-likeness (QED) is 0.941. The van der Waals surface area contributed by atoms with Crippen LogP contribution in [-0.4, -0.2) is 19.2 Å². The Morgan fingerprint density at radius 3 is 2.74 bits per heavy atom. The van der Waals surface area contributed by atoms with E-state index in [4.69, 9.17) is 17.3 Å². The molecule has 0 aliphatic heterocycles. The van der Waals surface area contributed by atoms with Crippen LogP contribution in [0.15, 0.2) is 28.5 Å². The number of hydrogen-bond acceptors (Lipinski definition) is 5. The molecule has 0 fully saturated rings. The van der Waals surface area contributed by atoms with Crippen LogP contribution in [0.1, 0.15) is 11.9 Å². The van der Waals surface area contributed by atoms with Crippen LogP contribution in [0.3, 0.4) is 0 Å². The molecule has 0 unspecified atom stereocenters. The summed E-state index contributed by atoms with van der Waals surface area (Å²) < 4.78 is 24.2. The molecule has 19 heavy (non-hydrogen) atoms. The lowest BCUT2D eigenvalue weighted by atomic mass is 10.2. The maximum absolute atomic E-state index is 12.1. The Hall–Kier alpha value is -0.950. The summed E-state index contributed by atoms with van der Waals surface area (Å²) in [5, 5.41) is 3.03. The van der Waals surface area contributed by atoms with Crippen LogP contribution in [0, 0.1) is 0 Å². The molecule has 0 saturated carbocycles. The van der Waals surface area contributed by atoms with Gasteiger partial charge in [0, 0.05) is 22.5 Å². The van der Waals surface area contributed by atoms with Gasteiger partial charge in [-0.15, -0.1) is 11.3 Å². The van der Waals surface area contributed by atoms with Crippen LogP contribution in [0.5, 0.6) is 0 Å². The molecule has 0 radical (unpaired) electrons. The summed E-state index contributed by atoms with van der Waals surface area (Å²) in [6, 6.07) is 4.72. The van der Waals surface area contributed by atoms with Crippen molar-refractivity contribution >= 4 is 32.8 Å². The van der Waals surface area contributed by atoms with Gasteiger partial charge >= 0.3 is 0 Å². The number of rotatable bonds is 4. The fourth-order valence-electron chi connectivity index (χ4n) is 1.66. The van der Waals surface area contributed by atoms with Gasteiger partial charge in [-0.1, -0.05) is 18.5 Å². The zero-order valence-electron chi connectivity index (χ0n) is 10.3. The molecular formula is C12H13ClN2O2S2. The fraction of sp³-hybridized carbons (Fsp3) is 0.250. The molecule has 0 amide bonds. The highest BCUT2D eigenvalue weighted by Gasteiger charge is 2.19. The number of nitrogens with two attached hydrogens (primary N) is 1. The van der Waals surface area contributed by atoms with E-state index in [1.807, 2.05) is 0 Å². The van der Waals surface area contributed by atoms with Crippen molar-refractivity contribution in [3.63, 3.8) is 0 Å². The minimum atomic E-state index is -3.32. The summed E-state index contributed by atoms with van der Waals surface area (Å²) in [6.07, 6.45) is 0. The Morgan fingerprint density at radius 1 is 1.42 bits per heavy atom. The van der Waals surface area contributed by atoms with Gasteiger partial charge in [-0.25, -0.2) is 13.4 Å². The smallest absolute Gasteiger partial charge is 0.178 e. The van der Waals surface area contributed by atoms with Crippen molar-refractivity contribution in [3.8, 4) is 11.3 Å². The van der Waals surface area contributed by atoms with Gasteiger partial charge in [-0.2, -0.15) is 0 Å². The van der Waals surface area contributed by atoms with E-state index in [-0.39, 0.29) is 10.6 Å². The van der Waals surface area contributed by atoms with E-state index in [1.165, 1.54) is 17.4 Å². The average Bonchev–Trinajstić information content (AvgIpc) is 2.87. The van der Waals surface area contributed by atoms with Crippen molar-refractivity contribution < 1.29 is 8.42 Å². The first-order chi connectivity index (χ1) is 8.97. The van der Waals surface area contributed by atoms with E-state index in [1.54, 1.807) is 24.4 Å². The number of thiazole rings is 1. The third-order valence-corrected chi connectivity index (χ3v) is 5.55. The predicted octanol–water partition coefficient (Wildman–Crippen LogP) is 2.72. The molecule has 2 aromatic rings. The molecule has 4 nitrogen and oxygen atoms in total. The molecule has 0 bridgehead atoms. The summed E-state index contributed by atoms with van der Waals surface area (Å²) in [4.78, 5) is 4.58. The number of sulfone groups is 1. The van der Waals surface area contributed by atoms with E-state index in [0.29, 0.717) is 22.8 Å². The molecule has 2 rings (SSSR count). The molecular weight excluding hydrogens is 304 g/mol. The molecule has 102 valence electrons. The number of nitrogens with zero attached hydrogens (tertiary/aromatic N) is 1. The van der Waals surface area contributed by atoms with Gasteiger partial charge in [0.1, 0.15) is 5.01 Å². The second-order valence-electron chi connectivity index (χ2n) is 3.87. The largest absolute Gasteiger partial charge is 0.325 e. The maximum atomic E-state index is 12.1. The fourth-order valence-corrected chi connectivity index (χ4v) is 3.59. The predicted molar refractivity (Wildman–Crippen MR) is 78.2 cm³/mol. The van der Waals surface area contributed by atoms with E-state index < -0.39 is 9.84 Å². The van der Waals surface area contributed by atoms with Crippen LogP contribution in [0.25, 0.3) is 11.3 Å². The zero-order valence-corrected chi connectivity index (χ0v) is 12.6. The second kappa shape index (κ2) is 5.58. The van der Waals surface area contributed by atoms with Crippen LogP contribution in [0.2, 0.25) is 5.02 Å². The van der Waals surface area contributed by atoms with Crippen molar-refractivity contribution in [1.29, 1.82) is 0 Å². The molecule has 0 spiro atoms. The summed E-state index contributed by atoms with van der Waals surface area (Å²) in [6.45, 7) is 1.95. The van der Waals surface area contributed by atoms with Crippen LogP contribution in [0.4, 0.5) is 0 Å². The third-order valence-electron chi connectivity index (χ3n) is 2.66. The van der Waals surface area contributed by atoms with E-state index in [2.05, 4.69) is 4.98 Å². The lowest BCUT2D eigenvalue weighted by molar-refractivity contribution is 0.597. The van der Waals surface area contributed by atoms with Crippen molar-refractivity contribution in [2.24, 2.45) is 5.73 Å². The average molecular weight is 317 g/mol. The Morgan fingerprint density at radius 2 is 2.16 bits per heavy atom. The van der Waals surface area contributed by atoms with Crippen LogP contribution < -0.4 is 5.73 Å². The number of benzene rings is 1. The van der Waals surface area contributed by atoms with Gasteiger partial charge in [0.2, 0.25) is 0 Å². The Kier molecular flexibility index (Phi) is 4.25. The van der Waals surface area contributed by atoms with Gasteiger partial charge in [-0.3, -0.25) is 0 Å². The summed E-state index contributed by atoms with van der Waals surface area (Å²) >= 11 is 7.36. The highest BCUT2D eigenvalue weighted by molar-refractivity contribution is 7.91. The van der Waals surface area contributed by atoms with Gasteiger partial charge in [0.05, 0.1) is 16.3 Å². The first-order valence-electron chi connectivity index (χ1n) is 5.65. The standard InChI is InChI=1S/C12H13ClN2O2S2/c1-2-19(16,17)11-4-3-8(13)5-9(11)10-7-18-12(6-14)15-10/h3-5,7H,2,6,14H2,1H3. The van der Waals surface area contributed by atoms with Gasteiger partial charge < -0.3 is 5.73 Å². The lowest BCUT2D eigenvalue weighted by Gasteiger charge is -2.08. The van der Waals surface area contributed by atoms with Crippen molar-refractivity contribution in [1.82, 2.24) is 4.98 Å². The number of aromatic nitrogens is 1. The van der Waals surface area contributed by atoms with Crippen molar-refractivity contribution in [3.05, 3.63) is 33.6 Å². The molecule has 1 aromatic heterocycles. The first kappa shape index (κ1) is 14.5. The monoisotopic (exact) mass is 316 g/mol. The van der Waals surface area contributed by atoms with Crippen molar-refractivity contribution in [2.45, 2.75) is 18.4 Å².